The van der Waals surface area contributed by atoms with Gasteiger partial charge in [0, 0.05) is 12.1 Å². The Morgan fingerprint density at radius 2 is 2.00 bits per heavy atom. The smallest absolute Gasteiger partial charge is 0.410 e. The van der Waals surface area contributed by atoms with Crippen molar-refractivity contribution in [3.8, 4) is 0 Å². The number of ether oxygens (including phenoxy) is 2. The number of aromatic nitrogens is 1. The number of nitrogen functional groups attached to an aromatic ring is 1. The van der Waals surface area contributed by atoms with Crippen LogP contribution in [0.25, 0.3) is 0 Å². The van der Waals surface area contributed by atoms with Crippen molar-refractivity contribution in [1.82, 2.24) is 9.88 Å². The lowest BCUT2D eigenvalue weighted by atomic mass is 9.96. The van der Waals surface area contributed by atoms with Crippen LogP contribution in [0.1, 0.15) is 43.2 Å². The van der Waals surface area contributed by atoms with Crippen molar-refractivity contribution in [3.05, 3.63) is 22.4 Å². The molecule has 0 saturated heterocycles. The number of fused-ring (bicyclic) bond motifs is 3. The van der Waals surface area contributed by atoms with E-state index < -0.39 is 5.60 Å². The molecule has 1 amide bonds. The SMILES string of the molecule is CC(C)(C)OC(=O)N1CCc2c(nc(N)c3c2COC3)C1. The van der Waals surface area contributed by atoms with Crippen LogP contribution >= 0.6 is 0 Å². The van der Waals surface area contributed by atoms with Crippen molar-refractivity contribution in [2.45, 2.75) is 52.6 Å². The summed E-state index contributed by atoms with van der Waals surface area (Å²) in [5.41, 5.74) is 9.74. The number of pyridine rings is 1. The molecule has 0 radical (unpaired) electrons. The molecule has 3 rings (SSSR count). The van der Waals surface area contributed by atoms with Crippen molar-refractivity contribution >= 4 is 11.9 Å². The second-order valence-electron chi connectivity index (χ2n) is 6.52. The summed E-state index contributed by atoms with van der Waals surface area (Å²) in [6.07, 6.45) is 0.471. The zero-order valence-electron chi connectivity index (χ0n) is 12.7. The first-order chi connectivity index (χ1) is 9.85. The van der Waals surface area contributed by atoms with E-state index in [0.29, 0.717) is 32.1 Å². The Bertz CT molecular complexity index is 593. The van der Waals surface area contributed by atoms with E-state index in [1.807, 2.05) is 20.8 Å². The average molecular weight is 291 g/mol. The molecule has 21 heavy (non-hydrogen) atoms. The fraction of sp³-hybridized carbons (Fsp3) is 0.600. The summed E-state index contributed by atoms with van der Waals surface area (Å²) in [6, 6.07) is 0. The average Bonchev–Trinajstić information content (AvgIpc) is 2.86. The van der Waals surface area contributed by atoms with E-state index in [1.165, 1.54) is 11.1 Å². The normalized spacial score (nSPS) is 17.4. The number of carbonyl (C=O) groups is 1. The van der Waals surface area contributed by atoms with Crippen LogP contribution in [0.15, 0.2) is 0 Å². The lowest BCUT2D eigenvalue weighted by Gasteiger charge is -2.31. The number of nitrogens with two attached hydrogens (primary N) is 1. The predicted octanol–water partition coefficient (Wildman–Crippen LogP) is 1.99. The Morgan fingerprint density at radius 3 is 2.71 bits per heavy atom. The third kappa shape index (κ3) is 2.68. The van der Waals surface area contributed by atoms with Crippen LogP contribution in [0.4, 0.5) is 10.6 Å². The van der Waals surface area contributed by atoms with Gasteiger partial charge in [-0.25, -0.2) is 9.78 Å². The van der Waals surface area contributed by atoms with Gasteiger partial charge in [0.1, 0.15) is 11.4 Å². The molecule has 1 aromatic rings. The van der Waals surface area contributed by atoms with Crippen LogP contribution in [0.2, 0.25) is 0 Å². The van der Waals surface area contributed by atoms with E-state index in [4.69, 9.17) is 15.2 Å². The molecule has 0 unspecified atom stereocenters. The fourth-order valence-electron chi connectivity index (χ4n) is 2.80. The van der Waals surface area contributed by atoms with E-state index >= 15 is 0 Å². The molecule has 6 nitrogen and oxygen atoms in total. The maximum atomic E-state index is 12.2. The topological polar surface area (TPSA) is 77.7 Å². The Kier molecular flexibility index (Phi) is 3.28. The van der Waals surface area contributed by atoms with Gasteiger partial charge >= 0.3 is 6.09 Å². The molecule has 2 N–H and O–H groups in total. The molecule has 0 aromatic carbocycles. The number of nitrogens with zero attached hydrogens (tertiary/aromatic N) is 2. The first-order valence-electron chi connectivity index (χ1n) is 7.20. The molecule has 0 aliphatic carbocycles. The van der Waals surface area contributed by atoms with Gasteiger partial charge in [0.05, 0.1) is 25.5 Å². The van der Waals surface area contributed by atoms with Gasteiger partial charge in [0.2, 0.25) is 0 Å². The molecule has 0 bridgehead atoms. The highest BCUT2D eigenvalue weighted by atomic mass is 16.6. The minimum absolute atomic E-state index is 0.301. The number of hydrogen-bond acceptors (Lipinski definition) is 5. The molecule has 0 saturated carbocycles. The summed E-state index contributed by atoms with van der Waals surface area (Å²) >= 11 is 0. The van der Waals surface area contributed by atoms with Gasteiger partial charge in [-0.2, -0.15) is 0 Å². The van der Waals surface area contributed by atoms with Gasteiger partial charge in [-0.05, 0) is 38.3 Å². The molecule has 114 valence electrons. The molecule has 0 atom stereocenters. The highest BCUT2D eigenvalue weighted by Crippen LogP contribution is 2.32. The van der Waals surface area contributed by atoms with Crippen LogP contribution in [0, 0.1) is 0 Å². The molecule has 0 spiro atoms. The largest absolute Gasteiger partial charge is 0.444 e. The Balaban J connectivity index is 1.83. The van der Waals surface area contributed by atoms with Gasteiger partial charge in [-0.15, -0.1) is 0 Å². The summed E-state index contributed by atoms with van der Waals surface area (Å²) in [7, 11) is 0. The van der Waals surface area contributed by atoms with E-state index in [2.05, 4.69) is 4.98 Å². The molecule has 6 heteroatoms. The third-order valence-corrected chi connectivity index (χ3v) is 3.76. The number of amides is 1. The lowest BCUT2D eigenvalue weighted by Crippen LogP contribution is -2.40. The molecular formula is C15H21N3O3. The summed E-state index contributed by atoms with van der Waals surface area (Å²) < 4.78 is 10.9. The van der Waals surface area contributed by atoms with Crippen molar-refractivity contribution < 1.29 is 14.3 Å². The summed E-state index contributed by atoms with van der Waals surface area (Å²) in [5, 5.41) is 0. The second kappa shape index (κ2) is 4.87. The first-order valence-corrected chi connectivity index (χ1v) is 7.20. The molecule has 3 heterocycles. The van der Waals surface area contributed by atoms with E-state index in [-0.39, 0.29) is 6.09 Å². The monoisotopic (exact) mass is 291 g/mol. The van der Waals surface area contributed by atoms with Crippen LogP contribution < -0.4 is 5.73 Å². The number of carbonyl (C=O) groups excluding carboxylic acids is 1. The van der Waals surface area contributed by atoms with Crippen LogP contribution in [-0.2, 0) is 35.7 Å². The van der Waals surface area contributed by atoms with E-state index in [9.17, 15) is 4.79 Å². The first kappa shape index (κ1) is 14.1. The number of rotatable bonds is 0. The van der Waals surface area contributed by atoms with Gasteiger partial charge in [-0.1, -0.05) is 0 Å². The maximum absolute atomic E-state index is 12.2. The Labute approximate surface area is 124 Å². The van der Waals surface area contributed by atoms with Gasteiger partial charge < -0.3 is 20.1 Å². The molecule has 2 aliphatic heterocycles. The maximum Gasteiger partial charge on any atom is 0.410 e. The quantitative estimate of drug-likeness (QED) is 0.791. The number of anilines is 1. The zero-order valence-corrected chi connectivity index (χ0v) is 12.7. The Hall–Kier alpha value is -1.82. The molecule has 2 aliphatic rings. The molecule has 1 aromatic heterocycles. The molecular weight excluding hydrogens is 270 g/mol. The molecule has 0 fully saturated rings. The van der Waals surface area contributed by atoms with Crippen LogP contribution in [-0.4, -0.2) is 28.1 Å². The minimum Gasteiger partial charge on any atom is -0.444 e. The Morgan fingerprint density at radius 1 is 1.29 bits per heavy atom. The van der Waals surface area contributed by atoms with E-state index in [0.717, 1.165) is 17.7 Å². The number of hydrogen-bond donors (Lipinski definition) is 1. The van der Waals surface area contributed by atoms with Crippen LogP contribution in [0.5, 0.6) is 0 Å². The van der Waals surface area contributed by atoms with Gasteiger partial charge in [0.25, 0.3) is 0 Å². The zero-order chi connectivity index (χ0) is 15.2. The minimum atomic E-state index is -0.490. The van der Waals surface area contributed by atoms with Crippen molar-refractivity contribution in [2.75, 3.05) is 12.3 Å². The fourth-order valence-corrected chi connectivity index (χ4v) is 2.80. The van der Waals surface area contributed by atoms with Crippen molar-refractivity contribution in [2.24, 2.45) is 0 Å². The third-order valence-electron chi connectivity index (χ3n) is 3.76. The van der Waals surface area contributed by atoms with Crippen molar-refractivity contribution in [1.29, 1.82) is 0 Å². The second-order valence-corrected chi connectivity index (χ2v) is 6.52. The summed E-state index contributed by atoms with van der Waals surface area (Å²) in [6.45, 7) is 7.81. The van der Waals surface area contributed by atoms with Gasteiger partial charge in [-0.3, -0.25) is 0 Å². The summed E-state index contributed by atoms with van der Waals surface area (Å²) in [5.74, 6) is 0.521. The predicted molar refractivity (Wildman–Crippen MR) is 77.5 cm³/mol. The standard InChI is InChI=1S/C15H21N3O3/c1-15(2,3)21-14(19)18-5-4-9-10-7-20-8-11(10)13(16)17-12(9)6-18/h4-8H2,1-3H3,(H2,16,17). The van der Waals surface area contributed by atoms with E-state index in [1.54, 1.807) is 4.90 Å². The summed E-state index contributed by atoms with van der Waals surface area (Å²) in [4.78, 5) is 18.3. The highest BCUT2D eigenvalue weighted by Gasteiger charge is 2.30. The highest BCUT2D eigenvalue weighted by molar-refractivity contribution is 5.69. The van der Waals surface area contributed by atoms with Crippen molar-refractivity contribution in [3.63, 3.8) is 0 Å². The van der Waals surface area contributed by atoms with Crippen LogP contribution in [0.3, 0.4) is 0 Å². The lowest BCUT2D eigenvalue weighted by molar-refractivity contribution is 0.0220. The van der Waals surface area contributed by atoms with Gasteiger partial charge in [0.15, 0.2) is 0 Å².